The number of hydrogen-bond acceptors (Lipinski definition) is 2. The first kappa shape index (κ1) is 13.7. The third kappa shape index (κ3) is 3.41. The van der Waals surface area contributed by atoms with Crippen LogP contribution < -0.4 is 0 Å². The number of aromatic amines is 1. The van der Waals surface area contributed by atoms with E-state index >= 15 is 0 Å². The van der Waals surface area contributed by atoms with E-state index in [1.165, 1.54) is 12.1 Å². The Labute approximate surface area is 112 Å². The zero-order chi connectivity index (χ0) is 13.7. The molecule has 3 nitrogen and oxygen atoms in total. The van der Waals surface area contributed by atoms with E-state index in [-0.39, 0.29) is 11.9 Å². The van der Waals surface area contributed by atoms with Gasteiger partial charge in [0.05, 0.1) is 6.10 Å². The number of ether oxygens (including phenoxy) is 1. The highest BCUT2D eigenvalue weighted by molar-refractivity contribution is 5.60. The first-order valence-corrected chi connectivity index (χ1v) is 6.63. The summed E-state index contributed by atoms with van der Waals surface area (Å²) in [5, 5.41) is 0. The molecule has 1 N–H and O–H groups in total. The molecule has 102 valence electrons. The van der Waals surface area contributed by atoms with Crippen molar-refractivity contribution in [3.8, 4) is 11.4 Å². The molecule has 0 spiro atoms. The topological polar surface area (TPSA) is 37.9 Å². The summed E-state index contributed by atoms with van der Waals surface area (Å²) in [6.45, 7) is 4.74. The number of imidazole rings is 1. The molecule has 19 heavy (non-hydrogen) atoms. The van der Waals surface area contributed by atoms with Gasteiger partial charge in [-0.25, -0.2) is 9.37 Å². The summed E-state index contributed by atoms with van der Waals surface area (Å²) in [5.74, 6) is 0.484. The van der Waals surface area contributed by atoms with E-state index in [9.17, 15) is 4.39 Å². The minimum Gasteiger partial charge on any atom is -0.374 e. The lowest BCUT2D eigenvalue weighted by Crippen LogP contribution is -2.04. The number of nitrogens with one attached hydrogen (secondary N) is 1. The Hall–Kier alpha value is -1.68. The smallest absolute Gasteiger partial charge is 0.137 e. The van der Waals surface area contributed by atoms with Crippen molar-refractivity contribution in [1.29, 1.82) is 0 Å². The second-order valence-electron chi connectivity index (χ2n) is 4.54. The van der Waals surface area contributed by atoms with E-state index in [0.717, 1.165) is 29.8 Å². The number of aromatic nitrogens is 2. The summed E-state index contributed by atoms with van der Waals surface area (Å²) in [6, 6.07) is 4.71. The van der Waals surface area contributed by atoms with Gasteiger partial charge in [-0.3, -0.25) is 0 Å². The van der Waals surface area contributed by atoms with Gasteiger partial charge in [-0.15, -0.1) is 0 Å². The number of rotatable bonds is 6. The second kappa shape index (κ2) is 6.48. The van der Waals surface area contributed by atoms with Crippen LogP contribution in [0.3, 0.4) is 0 Å². The van der Waals surface area contributed by atoms with E-state index in [0.29, 0.717) is 6.61 Å². The number of halogens is 1. The van der Waals surface area contributed by atoms with Crippen molar-refractivity contribution in [2.24, 2.45) is 0 Å². The van der Waals surface area contributed by atoms with Crippen LogP contribution in [0, 0.1) is 5.82 Å². The fourth-order valence-corrected chi connectivity index (χ4v) is 1.99. The minimum absolute atomic E-state index is 0.151. The first-order valence-electron chi connectivity index (χ1n) is 6.63. The summed E-state index contributed by atoms with van der Waals surface area (Å²) in [7, 11) is 0. The molecular weight excluding hydrogens is 243 g/mol. The number of unbranched alkanes of at least 4 members (excludes halogenated alkanes) is 1. The summed E-state index contributed by atoms with van der Waals surface area (Å²) in [6.07, 6.45) is 5.38. The van der Waals surface area contributed by atoms with E-state index < -0.39 is 0 Å². The molecule has 0 aliphatic carbocycles. The fraction of sp³-hybridized carbons (Fsp3) is 0.400. The van der Waals surface area contributed by atoms with Crippen LogP contribution >= 0.6 is 0 Å². The Kier molecular flexibility index (Phi) is 4.68. The van der Waals surface area contributed by atoms with Gasteiger partial charge in [0, 0.05) is 24.6 Å². The van der Waals surface area contributed by atoms with Crippen molar-refractivity contribution in [2.75, 3.05) is 6.61 Å². The monoisotopic (exact) mass is 262 g/mol. The predicted molar refractivity (Wildman–Crippen MR) is 73.3 cm³/mol. The average Bonchev–Trinajstić information content (AvgIpc) is 2.92. The van der Waals surface area contributed by atoms with Crippen molar-refractivity contribution >= 4 is 0 Å². The van der Waals surface area contributed by atoms with Crippen LogP contribution in [0.1, 0.15) is 38.4 Å². The summed E-state index contributed by atoms with van der Waals surface area (Å²) < 4.78 is 19.2. The molecule has 0 fully saturated rings. The Morgan fingerprint density at radius 3 is 2.95 bits per heavy atom. The molecule has 0 bridgehead atoms. The molecule has 0 aliphatic rings. The van der Waals surface area contributed by atoms with Gasteiger partial charge < -0.3 is 9.72 Å². The van der Waals surface area contributed by atoms with Crippen LogP contribution in [0.25, 0.3) is 11.4 Å². The zero-order valence-electron chi connectivity index (χ0n) is 11.3. The van der Waals surface area contributed by atoms with Crippen LogP contribution in [0.5, 0.6) is 0 Å². The summed E-state index contributed by atoms with van der Waals surface area (Å²) in [5.41, 5.74) is 1.71. The van der Waals surface area contributed by atoms with E-state index in [2.05, 4.69) is 16.9 Å². The number of hydrogen-bond donors (Lipinski definition) is 1. The fourth-order valence-electron chi connectivity index (χ4n) is 1.99. The minimum atomic E-state index is -0.253. The molecule has 2 aromatic rings. The Morgan fingerprint density at radius 1 is 1.42 bits per heavy atom. The van der Waals surface area contributed by atoms with Crippen LogP contribution in [0.4, 0.5) is 4.39 Å². The van der Waals surface area contributed by atoms with Gasteiger partial charge in [0.1, 0.15) is 11.6 Å². The molecule has 2 rings (SSSR count). The van der Waals surface area contributed by atoms with Crippen molar-refractivity contribution < 1.29 is 9.13 Å². The molecule has 4 heteroatoms. The lowest BCUT2D eigenvalue weighted by atomic mass is 10.0. The number of benzene rings is 1. The van der Waals surface area contributed by atoms with Crippen LogP contribution in [0.2, 0.25) is 0 Å². The van der Waals surface area contributed by atoms with Gasteiger partial charge in [0.15, 0.2) is 0 Å². The molecule has 0 aliphatic heterocycles. The largest absolute Gasteiger partial charge is 0.374 e. The second-order valence-corrected chi connectivity index (χ2v) is 4.54. The van der Waals surface area contributed by atoms with Crippen molar-refractivity contribution in [2.45, 2.75) is 32.8 Å². The quantitative estimate of drug-likeness (QED) is 0.796. The average molecular weight is 262 g/mol. The molecule has 0 saturated carbocycles. The third-order valence-electron chi connectivity index (χ3n) is 3.07. The maximum absolute atomic E-state index is 13.5. The number of H-pyrrole nitrogens is 1. The highest BCUT2D eigenvalue weighted by Gasteiger charge is 2.15. The molecule has 1 aromatic heterocycles. The number of nitrogens with zero attached hydrogens (tertiary/aromatic N) is 1. The van der Waals surface area contributed by atoms with Gasteiger partial charge in [-0.05, 0) is 37.1 Å². The Morgan fingerprint density at radius 2 is 2.26 bits per heavy atom. The molecule has 0 radical (unpaired) electrons. The van der Waals surface area contributed by atoms with E-state index in [1.54, 1.807) is 18.5 Å². The zero-order valence-corrected chi connectivity index (χ0v) is 11.3. The molecule has 1 aromatic carbocycles. The SMILES string of the molecule is CCCCOC(C)c1cc(F)ccc1-c1ncc[nH]1. The van der Waals surface area contributed by atoms with Gasteiger partial charge in [0.2, 0.25) is 0 Å². The summed E-state index contributed by atoms with van der Waals surface area (Å²) >= 11 is 0. The van der Waals surface area contributed by atoms with Crippen molar-refractivity contribution in [3.63, 3.8) is 0 Å². The molecular formula is C15H19FN2O. The maximum Gasteiger partial charge on any atom is 0.137 e. The molecule has 0 saturated heterocycles. The molecule has 1 unspecified atom stereocenters. The molecule has 1 atom stereocenters. The molecule has 0 amide bonds. The van der Waals surface area contributed by atoms with Gasteiger partial charge in [0.25, 0.3) is 0 Å². The van der Waals surface area contributed by atoms with Crippen LogP contribution in [-0.2, 0) is 4.74 Å². The van der Waals surface area contributed by atoms with Crippen molar-refractivity contribution in [3.05, 3.63) is 42.0 Å². The van der Waals surface area contributed by atoms with Crippen LogP contribution in [0.15, 0.2) is 30.6 Å². The Balaban J connectivity index is 2.25. The Bertz CT molecular complexity index is 511. The lowest BCUT2D eigenvalue weighted by molar-refractivity contribution is 0.0638. The summed E-state index contributed by atoms with van der Waals surface area (Å²) in [4.78, 5) is 7.27. The van der Waals surface area contributed by atoms with E-state index in [1.807, 2.05) is 6.92 Å². The highest BCUT2D eigenvalue weighted by Crippen LogP contribution is 2.28. The third-order valence-corrected chi connectivity index (χ3v) is 3.07. The van der Waals surface area contributed by atoms with Gasteiger partial charge in [-0.2, -0.15) is 0 Å². The highest BCUT2D eigenvalue weighted by atomic mass is 19.1. The predicted octanol–water partition coefficient (Wildman–Crippen LogP) is 4.09. The van der Waals surface area contributed by atoms with Crippen LogP contribution in [-0.4, -0.2) is 16.6 Å². The van der Waals surface area contributed by atoms with Gasteiger partial charge >= 0.3 is 0 Å². The van der Waals surface area contributed by atoms with Gasteiger partial charge in [-0.1, -0.05) is 13.3 Å². The van der Waals surface area contributed by atoms with Crippen molar-refractivity contribution in [1.82, 2.24) is 9.97 Å². The standard InChI is InChI=1S/C15H19FN2O/c1-3-4-9-19-11(2)14-10-12(16)5-6-13(14)15-17-7-8-18-15/h5-8,10-11H,3-4,9H2,1-2H3,(H,17,18). The normalized spacial score (nSPS) is 12.6. The first-order chi connectivity index (χ1) is 9.22. The van der Waals surface area contributed by atoms with E-state index in [4.69, 9.17) is 4.74 Å². The lowest BCUT2D eigenvalue weighted by Gasteiger charge is -2.16. The maximum atomic E-state index is 13.5. The molecule has 1 heterocycles.